The van der Waals surface area contributed by atoms with Gasteiger partial charge in [-0.1, -0.05) is 91.0 Å². The van der Waals surface area contributed by atoms with Crippen molar-refractivity contribution in [1.82, 2.24) is 0 Å². The first kappa shape index (κ1) is 27.9. The molecule has 1 aliphatic heterocycles. The topological polar surface area (TPSA) is 73.2 Å². The molecule has 7 rings (SSSR count). The third kappa shape index (κ3) is 5.94. The van der Waals surface area contributed by atoms with E-state index in [1.54, 1.807) is 0 Å². The molecule has 0 radical (unpaired) electrons. The van der Waals surface area contributed by atoms with Crippen LogP contribution in [0.5, 0.6) is 0 Å². The minimum atomic E-state index is -3.25. The molecular formula is C30H24Cl3N6P3. The summed E-state index contributed by atoms with van der Waals surface area (Å²) in [6.45, 7) is -3.19. The van der Waals surface area contributed by atoms with Gasteiger partial charge in [0.25, 0.3) is 20.1 Å². The maximum Gasteiger partial charge on any atom is 0.267 e. The number of benzene rings is 6. The van der Waals surface area contributed by atoms with Crippen LogP contribution >= 0.6 is 53.8 Å². The van der Waals surface area contributed by atoms with Crippen LogP contribution in [0.25, 0.3) is 32.3 Å². The van der Waals surface area contributed by atoms with Gasteiger partial charge in [-0.25, -0.2) is 0 Å². The lowest BCUT2D eigenvalue weighted by Crippen LogP contribution is -2.07. The second kappa shape index (κ2) is 11.0. The Kier molecular flexibility index (Phi) is 7.27. The van der Waals surface area contributed by atoms with E-state index in [2.05, 4.69) is 74.4 Å². The molecule has 1 atom stereocenters. The number of nitrogens with zero attached hydrogens (tertiary/aromatic N) is 3. The summed E-state index contributed by atoms with van der Waals surface area (Å²) in [7, 11) is -3.12. The molecule has 0 aliphatic carbocycles. The molecule has 6 aromatic carbocycles. The molecule has 0 saturated carbocycles. The van der Waals surface area contributed by atoms with Gasteiger partial charge in [0.15, 0.2) is 0 Å². The molecule has 6 aromatic rings. The fourth-order valence-electron chi connectivity index (χ4n) is 4.99. The molecule has 1 heterocycles. The number of rotatable bonds is 6. The molecule has 1 unspecified atom stereocenters. The first-order valence-electron chi connectivity index (χ1n) is 13.1. The molecule has 0 spiro atoms. The summed E-state index contributed by atoms with van der Waals surface area (Å²) >= 11 is 21.0. The zero-order valence-electron chi connectivity index (χ0n) is 21.9. The third-order valence-corrected chi connectivity index (χ3v) is 18.1. The fourth-order valence-corrected chi connectivity index (χ4v) is 18.9. The van der Waals surface area contributed by atoms with Crippen LogP contribution < -0.4 is 15.3 Å². The van der Waals surface area contributed by atoms with E-state index in [9.17, 15) is 0 Å². The Morgan fingerprint density at radius 1 is 0.405 bits per heavy atom. The standard InChI is InChI=1S/C30H24Cl3N6P3/c31-40(32)37-41(33,34-28-16-13-22-7-1-4-10-25(22)19-28)39-42(38-40,35-29-17-14-23-8-2-5-11-26(23)20-29)36-30-18-15-24-9-3-6-12-27(24)21-30/h1-21,34-36H. The maximum absolute atomic E-state index is 7.27. The van der Waals surface area contributed by atoms with Crippen LogP contribution in [0.15, 0.2) is 141 Å². The summed E-state index contributed by atoms with van der Waals surface area (Å²) < 4.78 is 14.7. The van der Waals surface area contributed by atoms with Crippen molar-refractivity contribution in [3.63, 3.8) is 0 Å². The molecule has 42 heavy (non-hydrogen) atoms. The van der Waals surface area contributed by atoms with Gasteiger partial charge >= 0.3 is 0 Å². The maximum atomic E-state index is 7.27. The van der Waals surface area contributed by atoms with Gasteiger partial charge in [-0.3, -0.25) is 0 Å². The van der Waals surface area contributed by atoms with Crippen molar-refractivity contribution in [2.75, 3.05) is 15.3 Å². The van der Waals surface area contributed by atoms with E-state index in [0.29, 0.717) is 0 Å². The van der Waals surface area contributed by atoms with Gasteiger partial charge in [0.05, 0.1) is 0 Å². The predicted octanol–water partition coefficient (Wildman–Crippen LogP) is 13.4. The van der Waals surface area contributed by atoms with E-state index in [1.807, 2.05) is 72.8 Å². The van der Waals surface area contributed by atoms with Crippen LogP contribution in [0.2, 0.25) is 0 Å². The fraction of sp³-hybridized carbons (Fsp3) is 0. The smallest absolute Gasteiger partial charge is 0.267 e. The number of fused-ring (bicyclic) bond motifs is 3. The molecule has 0 fully saturated rings. The van der Waals surface area contributed by atoms with Crippen molar-refractivity contribution in [3.05, 3.63) is 127 Å². The van der Waals surface area contributed by atoms with Crippen molar-refractivity contribution >= 4 is 103 Å². The van der Waals surface area contributed by atoms with Crippen molar-refractivity contribution in [2.45, 2.75) is 0 Å². The molecule has 0 saturated heterocycles. The van der Waals surface area contributed by atoms with Gasteiger partial charge in [-0.05, 0) is 102 Å². The van der Waals surface area contributed by atoms with Crippen molar-refractivity contribution < 1.29 is 0 Å². The zero-order chi connectivity index (χ0) is 28.8. The van der Waals surface area contributed by atoms with Crippen LogP contribution in [0.1, 0.15) is 0 Å². The molecule has 6 nitrogen and oxygen atoms in total. The highest BCUT2D eigenvalue weighted by Crippen LogP contribution is 2.82. The Bertz CT molecular complexity index is 2090. The van der Waals surface area contributed by atoms with Crippen LogP contribution in [-0.2, 0) is 0 Å². The Labute approximate surface area is 258 Å². The second-order valence-electron chi connectivity index (χ2n) is 9.87. The van der Waals surface area contributed by atoms with E-state index in [1.165, 1.54) is 0 Å². The third-order valence-electron chi connectivity index (χ3n) is 6.80. The average Bonchev–Trinajstić information content (AvgIpc) is 2.95. The minimum absolute atomic E-state index is 0.772. The summed E-state index contributed by atoms with van der Waals surface area (Å²) in [6.07, 6.45) is 0. The van der Waals surface area contributed by atoms with Gasteiger partial charge in [-0.2, -0.15) is 13.5 Å². The summed E-state index contributed by atoms with van der Waals surface area (Å²) in [6, 6.07) is 42.7. The number of hydrogen-bond acceptors (Lipinski definition) is 6. The molecule has 0 bridgehead atoms. The number of anilines is 3. The van der Waals surface area contributed by atoms with Crippen LogP contribution in [0.3, 0.4) is 0 Å². The molecular weight excluding hydrogens is 644 g/mol. The number of hydrogen-bond donors (Lipinski definition) is 3. The van der Waals surface area contributed by atoms with Gasteiger partial charge in [-0.15, -0.1) is 0 Å². The van der Waals surface area contributed by atoms with E-state index >= 15 is 0 Å². The van der Waals surface area contributed by atoms with Gasteiger partial charge in [0.2, 0.25) is 0 Å². The highest BCUT2D eigenvalue weighted by atomic mass is 35.9. The number of nitrogens with one attached hydrogen (secondary N) is 3. The average molecular weight is 668 g/mol. The first-order valence-corrected chi connectivity index (χ1v) is 20.9. The highest BCUT2D eigenvalue weighted by molar-refractivity contribution is 8.16. The Hall–Kier alpha value is -2.94. The highest BCUT2D eigenvalue weighted by Gasteiger charge is 2.35. The van der Waals surface area contributed by atoms with Crippen LogP contribution in [0, 0.1) is 0 Å². The van der Waals surface area contributed by atoms with E-state index in [4.69, 9.17) is 42.8 Å². The summed E-state index contributed by atoms with van der Waals surface area (Å²) in [5.41, 5.74) is 2.40. The lowest BCUT2D eigenvalue weighted by Gasteiger charge is -2.31. The lowest BCUT2D eigenvalue weighted by molar-refractivity contribution is 1.58. The number of halogens is 3. The van der Waals surface area contributed by atoms with Crippen molar-refractivity contribution in [3.8, 4) is 0 Å². The summed E-state index contributed by atoms with van der Waals surface area (Å²) in [5, 5.41) is 17.1. The van der Waals surface area contributed by atoms with Crippen molar-refractivity contribution in [1.29, 1.82) is 0 Å². The normalized spacial score (nSPS) is 18.9. The van der Waals surface area contributed by atoms with E-state index < -0.39 is 20.1 Å². The zero-order valence-corrected chi connectivity index (χ0v) is 26.9. The summed E-state index contributed by atoms with van der Waals surface area (Å²) in [4.78, 5) is 0. The van der Waals surface area contributed by atoms with Crippen molar-refractivity contribution in [2.24, 2.45) is 13.5 Å². The van der Waals surface area contributed by atoms with Crippen LogP contribution in [-0.4, -0.2) is 0 Å². The predicted molar refractivity (Wildman–Crippen MR) is 188 cm³/mol. The minimum Gasteiger partial charge on any atom is -0.323 e. The van der Waals surface area contributed by atoms with Gasteiger partial charge < -0.3 is 15.3 Å². The largest absolute Gasteiger partial charge is 0.323 e. The monoisotopic (exact) mass is 666 g/mol. The molecule has 1 aliphatic rings. The Morgan fingerprint density at radius 2 is 0.786 bits per heavy atom. The van der Waals surface area contributed by atoms with E-state index in [-0.39, 0.29) is 0 Å². The van der Waals surface area contributed by atoms with E-state index in [0.717, 1.165) is 49.4 Å². The molecule has 0 amide bonds. The second-order valence-corrected chi connectivity index (χ2v) is 20.6. The van der Waals surface area contributed by atoms with Gasteiger partial charge in [0.1, 0.15) is 0 Å². The SMILES string of the molecule is ClP1(Cl)=NP(Cl)(Nc2ccc3ccccc3c2)=NP(Nc2ccc3ccccc3c2)(Nc2ccc3ccccc3c2)=N1. The quantitative estimate of drug-likeness (QED) is 0.155. The van der Waals surface area contributed by atoms with Gasteiger partial charge in [0, 0.05) is 17.1 Å². The first-order chi connectivity index (χ1) is 20.3. The lowest BCUT2D eigenvalue weighted by atomic mass is 10.1. The molecule has 3 N–H and O–H groups in total. The Morgan fingerprint density at radius 3 is 1.21 bits per heavy atom. The van der Waals surface area contributed by atoms with Crippen LogP contribution in [0.4, 0.5) is 17.1 Å². The molecule has 12 heteroatoms. The Balaban J connectivity index is 1.37. The molecule has 0 aromatic heterocycles. The molecule has 210 valence electrons. The summed E-state index contributed by atoms with van der Waals surface area (Å²) in [5.74, 6) is -3.25.